The number of carbonyl (C=O) groups is 1. The first kappa shape index (κ1) is 15.0. The van der Waals surface area contributed by atoms with Crippen molar-refractivity contribution in [3.8, 4) is 11.4 Å². The zero-order valence-corrected chi connectivity index (χ0v) is 13.6. The summed E-state index contributed by atoms with van der Waals surface area (Å²) in [6.07, 6.45) is 5.11. The number of fused-ring (bicyclic) bond motifs is 1. The van der Waals surface area contributed by atoms with Gasteiger partial charge in [-0.2, -0.15) is 5.10 Å². The third kappa shape index (κ3) is 2.85. The molecule has 2 N–H and O–H groups in total. The van der Waals surface area contributed by atoms with Crippen LogP contribution in [0.3, 0.4) is 0 Å². The molecule has 1 amide bonds. The van der Waals surface area contributed by atoms with Crippen LogP contribution >= 0.6 is 0 Å². The number of H-pyrrole nitrogens is 1. The predicted molar refractivity (Wildman–Crippen MR) is 96.4 cm³/mol. The molecule has 6 heteroatoms. The number of benzene rings is 2. The highest BCUT2D eigenvalue weighted by Crippen LogP contribution is 2.20. The maximum Gasteiger partial charge on any atom is 0.257 e. The Morgan fingerprint density at radius 2 is 1.96 bits per heavy atom. The number of rotatable bonds is 4. The standard InChI is InChI=1S/C19H16N4O2/c1-25-15-8-6-14(7-9-15)23-12-13(10-21-23)22-19(24)17-11-20-18-5-3-2-4-16(17)18/h2-12,20H,1H3,(H,22,24). The van der Waals surface area contributed by atoms with Gasteiger partial charge in [-0.05, 0) is 30.3 Å². The van der Waals surface area contributed by atoms with Gasteiger partial charge in [0.1, 0.15) is 5.75 Å². The summed E-state index contributed by atoms with van der Waals surface area (Å²) in [7, 11) is 1.63. The van der Waals surface area contributed by atoms with E-state index in [0.29, 0.717) is 11.3 Å². The fourth-order valence-corrected chi connectivity index (χ4v) is 2.72. The van der Waals surface area contributed by atoms with Crippen molar-refractivity contribution in [3.63, 3.8) is 0 Å². The Morgan fingerprint density at radius 3 is 2.76 bits per heavy atom. The van der Waals surface area contributed by atoms with Crippen LogP contribution in [0.25, 0.3) is 16.6 Å². The molecule has 0 radical (unpaired) electrons. The number of nitrogens with one attached hydrogen (secondary N) is 2. The van der Waals surface area contributed by atoms with E-state index < -0.39 is 0 Å². The number of carbonyl (C=O) groups excluding carboxylic acids is 1. The quantitative estimate of drug-likeness (QED) is 0.599. The van der Waals surface area contributed by atoms with Crippen LogP contribution in [0.5, 0.6) is 5.75 Å². The fourth-order valence-electron chi connectivity index (χ4n) is 2.72. The first-order valence-corrected chi connectivity index (χ1v) is 7.81. The number of nitrogens with zero attached hydrogens (tertiary/aromatic N) is 2. The van der Waals surface area contributed by atoms with Gasteiger partial charge in [0.15, 0.2) is 0 Å². The second kappa shape index (κ2) is 6.16. The monoisotopic (exact) mass is 332 g/mol. The van der Waals surface area contributed by atoms with Crippen LogP contribution in [0.1, 0.15) is 10.4 Å². The number of hydrogen-bond acceptors (Lipinski definition) is 3. The molecule has 2 aromatic heterocycles. The van der Waals surface area contributed by atoms with Crippen LogP contribution < -0.4 is 10.1 Å². The average molecular weight is 332 g/mol. The number of anilines is 1. The molecule has 2 aromatic carbocycles. The molecular weight excluding hydrogens is 316 g/mol. The molecule has 0 aliphatic heterocycles. The lowest BCUT2D eigenvalue weighted by atomic mass is 10.1. The minimum absolute atomic E-state index is 0.174. The Morgan fingerprint density at radius 1 is 1.16 bits per heavy atom. The third-order valence-corrected chi connectivity index (χ3v) is 4.01. The van der Waals surface area contributed by atoms with Gasteiger partial charge in [0, 0.05) is 17.1 Å². The van der Waals surface area contributed by atoms with Crippen molar-refractivity contribution in [2.75, 3.05) is 12.4 Å². The molecule has 0 fully saturated rings. The largest absolute Gasteiger partial charge is 0.497 e. The van der Waals surface area contributed by atoms with Gasteiger partial charge in [0.05, 0.1) is 36.4 Å². The first-order valence-electron chi connectivity index (χ1n) is 7.81. The predicted octanol–water partition coefficient (Wildman–Crippen LogP) is 3.61. The lowest BCUT2D eigenvalue weighted by Crippen LogP contribution is -2.10. The van der Waals surface area contributed by atoms with E-state index in [-0.39, 0.29) is 5.91 Å². The molecule has 0 aliphatic rings. The van der Waals surface area contributed by atoms with Gasteiger partial charge >= 0.3 is 0 Å². The van der Waals surface area contributed by atoms with Crippen molar-refractivity contribution in [1.82, 2.24) is 14.8 Å². The van der Waals surface area contributed by atoms with Crippen molar-refractivity contribution < 1.29 is 9.53 Å². The smallest absolute Gasteiger partial charge is 0.257 e. The third-order valence-electron chi connectivity index (χ3n) is 4.01. The molecule has 0 saturated carbocycles. The Kier molecular flexibility index (Phi) is 3.70. The van der Waals surface area contributed by atoms with E-state index in [1.54, 1.807) is 30.4 Å². The van der Waals surface area contributed by atoms with Crippen LogP contribution in [0.4, 0.5) is 5.69 Å². The van der Waals surface area contributed by atoms with E-state index in [4.69, 9.17) is 4.74 Å². The molecule has 0 bridgehead atoms. The average Bonchev–Trinajstić information content (AvgIpc) is 3.28. The van der Waals surface area contributed by atoms with Gasteiger partial charge in [-0.3, -0.25) is 4.79 Å². The molecule has 0 spiro atoms. The number of aromatic amines is 1. The number of ether oxygens (including phenoxy) is 1. The van der Waals surface area contributed by atoms with Crippen molar-refractivity contribution in [2.24, 2.45) is 0 Å². The molecule has 6 nitrogen and oxygen atoms in total. The van der Waals surface area contributed by atoms with E-state index in [9.17, 15) is 4.79 Å². The first-order chi connectivity index (χ1) is 12.2. The molecule has 4 aromatic rings. The lowest BCUT2D eigenvalue weighted by molar-refractivity contribution is 0.102. The number of hydrogen-bond donors (Lipinski definition) is 2. The molecule has 0 saturated heterocycles. The van der Waals surface area contributed by atoms with Gasteiger partial charge in [-0.1, -0.05) is 18.2 Å². The Hall–Kier alpha value is -3.54. The summed E-state index contributed by atoms with van der Waals surface area (Å²) in [5.74, 6) is 0.607. The zero-order valence-electron chi connectivity index (χ0n) is 13.6. The van der Waals surface area contributed by atoms with Gasteiger partial charge in [-0.15, -0.1) is 0 Å². The minimum atomic E-state index is -0.174. The Bertz CT molecular complexity index is 1030. The van der Waals surface area contributed by atoms with Crippen LogP contribution in [0.2, 0.25) is 0 Å². The van der Waals surface area contributed by atoms with Crippen LogP contribution in [0.15, 0.2) is 67.1 Å². The SMILES string of the molecule is COc1ccc(-n2cc(NC(=O)c3c[nH]c4ccccc34)cn2)cc1. The molecule has 0 aliphatic carbocycles. The van der Waals surface area contributed by atoms with Gasteiger partial charge < -0.3 is 15.0 Å². The minimum Gasteiger partial charge on any atom is -0.497 e. The van der Waals surface area contributed by atoms with Gasteiger partial charge in [0.2, 0.25) is 0 Å². The second-order valence-electron chi connectivity index (χ2n) is 5.57. The normalized spacial score (nSPS) is 10.8. The molecular formula is C19H16N4O2. The van der Waals surface area contributed by atoms with E-state index in [2.05, 4.69) is 15.4 Å². The highest BCUT2D eigenvalue weighted by atomic mass is 16.5. The van der Waals surface area contributed by atoms with Crippen molar-refractivity contribution in [3.05, 3.63) is 72.7 Å². The fraction of sp³-hybridized carbons (Fsp3) is 0.0526. The Balaban J connectivity index is 1.55. The summed E-state index contributed by atoms with van der Waals surface area (Å²) in [4.78, 5) is 15.6. The maximum absolute atomic E-state index is 12.5. The second-order valence-corrected chi connectivity index (χ2v) is 5.57. The van der Waals surface area contributed by atoms with E-state index in [1.807, 2.05) is 48.5 Å². The summed E-state index contributed by atoms with van der Waals surface area (Å²) in [5, 5.41) is 8.07. The molecule has 4 rings (SSSR count). The number of para-hydroxylation sites is 1. The highest BCUT2D eigenvalue weighted by molar-refractivity contribution is 6.12. The number of methoxy groups -OCH3 is 1. The maximum atomic E-state index is 12.5. The molecule has 0 atom stereocenters. The summed E-state index contributed by atoms with van der Waals surface area (Å²) >= 11 is 0. The lowest BCUT2D eigenvalue weighted by Gasteiger charge is -2.03. The summed E-state index contributed by atoms with van der Waals surface area (Å²) in [6.45, 7) is 0. The Labute approximate surface area is 144 Å². The zero-order chi connectivity index (χ0) is 17.2. The number of amides is 1. The molecule has 25 heavy (non-hydrogen) atoms. The van der Waals surface area contributed by atoms with Crippen molar-refractivity contribution >= 4 is 22.5 Å². The van der Waals surface area contributed by atoms with Gasteiger partial charge in [0.25, 0.3) is 5.91 Å². The van der Waals surface area contributed by atoms with Crippen molar-refractivity contribution in [1.29, 1.82) is 0 Å². The summed E-state index contributed by atoms with van der Waals surface area (Å²) < 4.78 is 6.85. The van der Waals surface area contributed by atoms with Gasteiger partial charge in [-0.25, -0.2) is 4.68 Å². The van der Waals surface area contributed by atoms with Crippen molar-refractivity contribution in [2.45, 2.75) is 0 Å². The van der Waals surface area contributed by atoms with Crippen LogP contribution in [-0.4, -0.2) is 27.8 Å². The molecule has 2 heterocycles. The van der Waals surface area contributed by atoms with E-state index in [1.165, 1.54) is 0 Å². The topological polar surface area (TPSA) is 71.9 Å². The molecule has 124 valence electrons. The molecule has 0 unspecified atom stereocenters. The van der Waals surface area contributed by atoms with Crippen LogP contribution in [-0.2, 0) is 0 Å². The summed E-state index contributed by atoms with van der Waals surface area (Å²) in [5.41, 5.74) is 3.05. The van der Waals surface area contributed by atoms with Crippen LogP contribution in [0, 0.1) is 0 Å². The number of aromatic nitrogens is 3. The highest BCUT2D eigenvalue weighted by Gasteiger charge is 2.13. The van der Waals surface area contributed by atoms with E-state index >= 15 is 0 Å². The summed E-state index contributed by atoms with van der Waals surface area (Å²) in [6, 6.07) is 15.2. The van der Waals surface area contributed by atoms with E-state index in [0.717, 1.165) is 22.3 Å².